The largest absolute Gasteiger partial charge is 0.481 e. The zero-order valence-electron chi connectivity index (χ0n) is 13.2. The number of carbonyl (C=O) groups is 2. The molecule has 0 aliphatic rings. The van der Waals surface area contributed by atoms with Crippen molar-refractivity contribution >= 4 is 33.3 Å². The molecule has 0 fully saturated rings. The standard InChI is InChI=1S/C18H18BrNO3/c1-11-9-15(19)7-8-17(11)20-18(22)13(3)23-16-6-4-5-14(10-16)12(2)21/h4-10,13H,1-3H3,(H,20,22). The van der Waals surface area contributed by atoms with Crippen molar-refractivity contribution in [3.63, 3.8) is 0 Å². The van der Waals surface area contributed by atoms with E-state index in [0.29, 0.717) is 11.3 Å². The van der Waals surface area contributed by atoms with E-state index in [1.165, 1.54) is 6.92 Å². The third kappa shape index (κ3) is 4.66. The van der Waals surface area contributed by atoms with Crippen LogP contribution >= 0.6 is 15.9 Å². The van der Waals surface area contributed by atoms with Crippen LogP contribution in [0.5, 0.6) is 5.75 Å². The summed E-state index contributed by atoms with van der Waals surface area (Å²) < 4.78 is 6.59. The average Bonchev–Trinajstić information content (AvgIpc) is 2.50. The Morgan fingerprint density at radius 2 is 1.91 bits per heavy atom. The minimum atomic E-state index is -0.680. The fraction of sp³-hybridized carbons (Fsp3) is 0.222. The van der Waals surface area contributed by atoms with Gasteiger partial charge in [-0.15, -0.1) is 0 Å². The number of hydrogen-bond donors (Lipinski definition) is 1. The molecule has 23 heavy (non-hydrogen) atoms. The fourth-order valence-corrected chi connectivity index (χ4v) is 2.52. The van der Waals surface area contributed by atoms with Gasteiger partial charge in [0.25, 0.3) is 5.91 Å². The number of carbonyl (C=O) groups excluding carboxylic acids is 2. The molecule has 1 unspecified atom stereocenters. The number of halogens is 1. The summed E-state index contributed by atoms with van der Waals surface area (Å²) >= 11 is 3.39. The molecule has 0 bridgehead atoms. The molecule has 0 saturated carbocycles. The van der Waals surface area contributed by atoms with Crippen LogP contribution < -0.4 is 10.1 Å². The van der Waals surface area contributed by atoms with Crippen LogP contribution in [0.15, 0.2) is 46.9 Å². The molecule has 0 radical (unpaired) electrons. The topological polar surface area (TPSA) is 55.4 Å². The van der Waals surface area contributed by atoms with Crippen molar-refractivity contribution in [1.82, 2.24) is 0 Å². The average molecular weight is 376 g/mol. The summed E-state index contributed by atoms with van der Waals surface area (Å²) in [7, 11) is 0. The Balaban J connectivity index is 2.05. The van der Waals surface area contributed by atoms with E-state index in [9.17, 15) is 9.59 Å². The van der Waals surface area contributed by atoms with Crippen LogP contribution in [0.25, 0.3) is 0 Å². The van der Waals surface area contributed by atoms with E-state index in [1.54, 1.807) is 31.2 Å². The van der Waals surface area contributed by atoms with Crippen LogP contribution in [0, 0.1) is 6.92 Å². The van der Waals surface area contributed by atoms with Crippen molar-refractivity contribution in [3.8, 4) is 5.75 Å². The number of benzene rings is 2. The quantitative estimate of drug-likeness (QED) is 0.789. The Kier molecular flexibility index (Phi) is 5.55. The molecule has 0 saturated heterocycles. The Morgan fingerprint density at radius 1 is 1.17 bits per heavy atom. The second-order valence-corrected chi connectivity index (χ2v) is 6.21. The molecular formula is C18H18BrNO3. The molecule has 0 heterocycles. The first kappa shape index (κ1) is 17.2. The number of nitrogens with one attached hydrogen (secondary N) is 1. The van der Waals surface area contributed by atoms with Gasteiger partial charge < -0.3 is 10.1 Å². The van der Waals surface area contributed by atoms with Gasteiger partial charge >= 0.3 is 0 Å². The number of ketones is 1. The Hall–Kier alpha value is -2.14. The van der Waals surface area contributed by atoms with Crippen molar-refractivity contribution in [1.29, 1.82) is 0 Å². The summed E-state index contributed by atoms with van der Waals surface area (Å²) in [6.07, 6.45) is -0.680. The Labute approximate surface area is 144 Å². The van der Waals surface area contributed by atoms with E-state index >= 15 is 0 Å². The van der Waals surface area contributed by atoms with Gasteiger partial charge in [-0.25, -0.2) is 0 Å². The highest BCUT2D eigenvalue weighted by Gasteiger charge is 2.16. The summed E-state index contributed by atoms with van der Waals surface area (Å²) in [5, 5.41) is 2.84. The minimum Gasteiger partial charge on any atom is -0.481 e. The molecule has 120 valence electrons. The van der Waals surface area contributed by atoms with E-state index in [0.717, 1.165) is 15.7 Å². The highest BCUT2D eigenvalue weighted by atomic mass is 79.9. The summed E-state index contributed by atoms with van der Waals surface area (Å²) in [6.45, 7) is 5.08. The second kappa shape index (κ2) is 7.42. The number of rotatable bonds is 5. The Bertz CT molecular complexity index is 743. The smallest absolute Gasteiger partial charge is 0.265 e. The van der Waals surface area contributed by atoms with Gasteiger partial charge in [0.15, 0.2) is 11.9 Å². The van der Waals surface area contributed by atoms with Crippen molar-refractivity contribution in [2.75, 3.05) is 5.32 Å². The molecule has 0 spiro atoms. The first-order valence-corrected chi connectivity index (χ1v) is 8.01. The van der Waals surface area contributed by atoms with E-state index in [-0.39, 0.29) is 11.7 Å². The van der Waals surface area contributed by atoms with E-state index in [2.05, 4.69) is 21.2 Å². The van der Waals surface area contributed by atoms with Crippen molar-refractivity contribution in [2.45, 2.75) is 26.9 Å². The lowest BCUT2D eigenvalue weighted by atomic mass is 10.1. The van der Waals surface area contributed by atoms with Gasteiger partial charge in [-0.05, 0) is 56.7 Å². The van der Waals surface area contributed by atoms with Crippen molar-refractivity contribution < 1.29 is 14.3 Å². The second-order valence-electron chi connectivity index (χ2n) is 5.29. The van der Waals surface area contributed by atoms with Gasteiger partial charge in [-0.3, -0.25) is 9.59 Å². The van der Waals surface area contributed by atoms with Crippen molar-refractivity contribution in [2.24, 2.45) is 0 Å². The van der Waals surface area contributed by atoms with Gasteiger partial charge in [0.05, 0.1) is 0 Å². The number of aryl methyl sites for hydroxylation is 1. The molecule has 4 nitrogen and oxygen atoms in total. The molecule has 0 aliphatic carbocycles. The predicted molar refractivity (Wildman–Crippen MR) is 94.0 cm³/mol. The number of ether oxygens (including phenoxy) is 1. The number of anilines is 1. The lowest BCUT2D eigenvalue weighted by Gasteiger charge is -2.16. The highest BCUT2D eigenvalue weighted by molar-refractivity contribution is 9.10. The molecule has 2 aromatic rings. The normalized spacial score (nSPS) is 11.7. The highest BCUT2D eigenvalue weighted by Crippen LogP contribution is 2.21. The van der Waals surface area contributed by atoms with Crippen LogP contribution in [-0.4, -0.2) is 17.8 Å². The SMILES string of the molecule is CC(=O)c1cccc(OC(C)C(=O)Nc2ccc(Br)cc2C)c1. The summed E-state index contributed by atoms with van der Waals surface area (Å²) in [4.78, 5) is 23.6. The molecule has 2 rings (SSSR count). The molecular weight excluding hydrogens is 358 g/mol. The third-order valence-corrected chi connectivity index (χ3v) is 3.86. The van der Waals surface area contributed by atoms with E-state index in [1.807, 2.05) is 25.1 Å². The molecule has 0 aliphatic heterocycles. The molecule has 0 aromatic heterocycles. The van der Waals surface area contributed by atoms with E-state index < -0.39 is 6.10 Å². The van der Waals surface area contributed by atoms with Crippen LogP contribution in [-0.2, 0) is 4.79 Å². The lowest BCUT2D eigenvalue weighted by molar-refractivity contribution is -0.122. The summed E-state index contributed by atoms with van der Waals surface area (Å²) in [5.41, 5.74) is 2.25. The van der Waals surface area contributed by atoms with E-state index in [4.69, 9.17) is 4.74 Å². The van der Waals surface area contributed by atoms with Crippen LogP contribution in [0.1, 0.15) is 29.8 Å². The van der Waals surface area contributed by atoms with Crippen LogP contribution in [0.3, 0.4) is 0 Å². The first-order valence-electron chi connectivity index (χ1n) is 7.21. The van der Waals surface area contributed by atoms with Gasteiger partial charge in [0, 0.05) is 15.7 Å². The van der Waals surface area contributed by atoms with Gasteiger partial charge in [-0.1, -0.05) is 28.1 Å². The number of Topliss-reactive ketones (excluding diaryl/α,β-unsaturated/α-hetero) is 1. The van der Waals surface area contributed by atoms with Gasteiger partial charge in [0.2, 0.25) is 0 Å². The molecule has 1 atom stereocenters. The maximum absolute atomic E-state index is 12.3. The molecule has 2 aromatic carbocycles. The van der Waals surface area contributed by atoms with Crippen LogP contribution in [0.2, 0.25) is 0 Å². The molecule has 5 heteroatoms. The predicted octanol–water partition coefficient (Wildman–Crippen LogP) is 4.37. The zero-order chi connectivity index (χ0) is 17.0. The van der Waals surface area contributed by atoms with Gasteiger partial charge in [-0.2, -0.15) is 0 Å². The molecule has 1 N–H and O–H groups in total. The maximum Gasteiger partial charge on any atom is 0.265 e. The monoisotopic (exact) mass is 375 g/mol. The summed E-state index contributed by atoms with van der Waals surface area (Å²) in [5.74, 6) is 0.203. The Morgan fingerprint density at radius 3 is 2.57 bits per heavy atom. The number of amides is 1. The minimum absolute atomic E-state index is 0.0435. The fourth-order valence-electron chi connectivity index (χ4n) is 2.05. The first-order chi connectivity index (χ1) is 10.9. The zero-order valence-corrected chi connectivity index (χ0v) is 14.8. The molecule has 1 amide bonds. The third-order valence-electron chi connectivity index (χ3n) is 3.37. The van der Waals surface area contributed by atoms with Gasteiger partial charge in [0.1, 0.15) is 5.75 Å². The maximum atomic E-state index is 12.3. The lowest BCUT2D eigenvalue weighted by Crippen LogP contribution is -2.30. The number of hydrogen-bond acceptors (Lipinski definition) is 3. The van der Waals surface area contributed by atoms with Crippen LogP contribution in [0.4, 0.5) is 5.69 Å². The van der Waals surface area contributed by atoms with Crippen molar-refractivity contribution in [3.05, 3.63) is 58.1 Å². The summed E-state index contributed by atoms with van der Waals surface area (Å²) in [6, 6.07) is 12.4.